The average Bonchev–Trinajstić information content (AvgIpc) is 3.13. The maximum atomic E-state index is 12.4. The molecule has 1 amide bonds. The van der Waals surface area contributed by atoms with Crippen LogP contribution in [-0.4, -0.2) is 25.8 Å². The number of H-pyrrole nitrogens is 2. The minimum absolute atomic E-state index is 0.220. The lowest BCUT2D eigenvalue weighted by atomic mass is 10.1. The SMILES string of the molecule is Nc1nc2c(C(=O)NCc3nc4ccccc4[nH]3)cccc2[nH]1. The lowest BCUT2D eigenvalue weighted by molar-refractivity contribution is 0.0951. The molecule has 23 heavy (non-hydrogen) atoms. The van der Waals surface area contributed by atoms with Crippen molar-refractivity contribution in [2.24, 2.45) is 0 Å². The molecular formula is C16H14N6O. The van der Waals surface area contributed by atoms with E-state index < -0.39 is 0 Å². The van der Waals surface area contributed by atoms with Gasteiger partial charge in [-0.25, -0.2) is 9.97 Å². The molecule has 4 aromatic rings. The summed E-state index contributed by atoms with van der Waals surface area (Å²) < 4.78 is 0. The van der Waals surface area contributed by atoms with Crippen LogP contribution in [0.4, 0.5) is 5.95 Å². The molecule has 0 aliphatic carbocycles. The fourth-order valence-electron chi connectivity index (χ4n) is 2.58. The maximum Gasteiger partial charge on any atom is 0.253 e. The van der Waals surface area contributed by atoms with Gasteiger partial charge in [0, 0.05) is 0 Å². The number of nitrogens with two attached hydrogens (primary N) is 1. The van der Waals surface area contributed by atoms with Crippen LogP contribution in [0, 0.1) is 0 Å². The predicted octanol–water partition coefficient (Wildman–Crippen LogP) is 1.95. The summed E-state index contributed by atoms with van der Waals surface area (Å²) in [5.41, 5.74) is 9.25. The first kappa shape index (κ1) is 13.3. The highest BCUT2D eigenvalue weighted by molar-refractivity contribution is 6.05. The van der Waals surface area contributed by atoms with Gasteiger partial charge >= 0.3 is 0 Å². The predicted molar refractivity (Wildman–Crippen MR) is 87.8 cm³/mol. The van der Waals surface area contributed by atoms with Crippen molar-refractivity contribution in [3.63, 3.8) is 0 Å². The third-order valence-electron chi connectivity index (χ3n) is 3.63. The minimum Gasteiger partial charge on any atom is -0.369 e. The Morgan fingerprint density at radius 2 is 1.87 bits per heavy atom. The minimum atomic E-state index is -0.220. The van der Waals surface area contributed by atoms with Crippen LogP contribution in [0.15, 0.2) is 42.5 Å². The van der Waals surface area contributed by atoms with Gasteiger partial charge in [-0.2, -0.15) is 0 Å². The number of nitrogens with one attached hydrogen (secondary N) is 3. The molecule has 0 fully saturated rings. The second-order valence-electron chi connectivity index (χ2n) is 5.21. The Kier molecular flexibility index (Phi) is 2.97. The molecule has 0 saturated heterocycles. The second-order valence-corrected chi connectivity index (χ2v) is 5.21. The Balaban J connectivity index is 1.57. The van der Waals surface area contributed by atoms with Gasteiger partial charge in [0.15, 0.2) is 5.95 Å². The van der Waals surface area contributed by atoms with Gasteiger partial charge < -0.3 is 21.0 Å². The monoisotopic (exact) mass is 306 g/mol. The number of benzene rings is 2. The van der Waals surface area contributed by atoms with Gasteiger partial charge in [0.1, 0.15) is 11.3 Å². The first-order valence-electron chi connectivity index (χ1n) is 7.17. The number of rotatable bonds is 3. The van der Waals surface area contributed by atoms with E-state index in [9.17, 15) is 4.79 Å². The number of carbonyl (C=O) groups is 1. The van der Waals surface area contributed by atoms with Crippen molar-refractivity contribution >= 4 is 33.9 Å². The van der Waals surface area contributed by atoms with Crippen LogP contribution in [0.25, 0.3) is 22.1 Å². The summed E-state index contributed by atoms with van der Waals surface area (Å²) in [6.45, 7) is 0.309. The number of hydrogen-bond acceptors (Lipinski definition) is 4. The zero-order chi connectivity index (χ0) is 15.8. The number of hydrogen-bond donors (Lipinski definition) is 4. The number of aromatic nitrogens is 4. The molecule has 114 valence electrons. The summed E-state index contributed by atoms with van der Waals surface area (Å²) in [6, 6.07) is 13.1. The first-order chi connectivity index (χ1) is 11.2. The van der Waals surface area contributed by atoms with Gasteiger partial charge in [0.05, 0.1) is 28.7 Å². The average molecular weight is 306 g/mol. The third kappa shape index (κ3) is 2.38. The summed E-state index contributed by atoms with van der Waals surface area (Å²) >= 11 is 0. The van der Waals surface area contributed by atoms with Crippen molar-refractivity contribution in [3.05, 3.63) is 53.9 Å². The molecule has 0 aliphatic rings. The van der Waals surface area contributed by atoms with Gasteiger partial charge in [0.2, 0.25) is 0 Å². The molecule has 2 heterocycles. The summed E-state index contributed by atoms with van der Waals surface area (Å²) in [6.07, 6.45) is 0. The van der Waals surface area contributed by atoms with Crippen LogP contribution in [0.5, 0.6) is 0 Å². The summed E-state index contributed by atoms with van der Waals surface area (Å²) in [7, 11) is 0. The van der Waals surface area contributed by atoms with Crippen molar-refractivity contribution in [2.75, 3.05) is 5.73 Å². The molecule has 0 unspecified atom stereocenters. The number of carbonyl (C=O) groups excluding carboxylic acids is 1. The fourth-order valence-corrected chi connectivity index (χ4v) is 2.58. The maximum absolute atomic E-state index is 12.4. The van der Waals surface area contributed by atoms with E-state index in [4.69, 9.17) is 5.73 Å². The molecule has 5 N–H and O–H groups in total. The molecule has 0 radical (unpaired) electrons. The van der Waals surface area contributed by atoms with E-state index in [-0.39, 0.29) is 11.9 Å². The normalized spacial score (nSPS) is 11.1. The molecule has 7 nitrogen and oxygen atoms in total. The van der Waals surface area contributed by atoms with E-state index in [0.29, 0.717) is 23.4 Å². The van der Waals surface area contributed by atoms with E-state index in [2.05, 4.69) is 25.3 Å². The molecule has 0 atom stereocenters. The lowest BCUT2D eigenvalue weighted by Crippen LogP contribution is -2.23. The number of para-hydroxylation sites is 3. The smallest absolute Gasteiger partial charge is 0.253 e. The van der Waals surface area contributed by atoms with E-state index in [1.165, 1.54) is 0 Å². The molecule has 0 spiro atoms. The van der Waals surface area contributed by atoms with E-state index >= 15 is 0 Å². The van der Waals surface area contributed by atoms with Gasteiger partial charge in [-0.1, -0.05) is 18.2 Å². The fraction of sp³-hybridized carbons (Fsp3) is 0.0625. The molecular weight excluding hydrogens is 292 g/mol. The third-order valence-corrected chi connectivity index (χ3v) is 3.63. The van der Waals surface area contributed by atoms with Gasteiger partial charge in [-0.15, -0.1) is 0 Å². The van der Waals surface area contributed by atoms with Crippen molar-refractivity contribution in [2.45, 2.75) is 6.54 Å². The summed E-state index contributed by atoms with van der Waals surface area (Å²) in [4.78, 5) is 27.1. The van der Waals surface area contributed by atoms with Crippen molar-refractivity contribution in [1.29, 1.82) is 0 Å². The standard InChI is InChI=1S/C16H14N6O/c17-16-21-12-7-3-4-9(14(12)22-16)15(23)18-8-13-19-10-5-1-2-6-11(10)20-13/h1-7H,8H2,(H,18,23)(H,19,20)(H3,17,21,22). The number of aromatic amines is 2. The molecule has 4 rings (SSSR count). The summed E-state index contributed by atoms with van der Waals surface area (Å²) in [5.74, 6) is 0.772. The number of nitrogens with zero attached hydrogens (tertiary/aromatic N) is 2. The molecule has 0 bridgehead atoms. The topological polar surface area (TPSA) is 112 Å². The zero-order valence-corrected chi connectivity index (χ0v) is 12.1. The van der Waals surface area contributed by atoms with Gasteiger partial charge in [-0.05, 0) is 24.3 Å². The Morgan fingerprint density at radius 1 is 1.04 bits per heavy atom. The highest BCUT2D eigenvalue weighted by atomic mass is 16.1. The quantitative estimate of drug-likeness (QED) is 0.463. The van der Waals surface area contributed by atoms with Gasteiger partial charge in [-0.3, -0.25) is 4.79 Å². The van der Waals surface area contributed by atoms with Crippen LogP contribution in [-0.2, 0) is 6.54 Å². The van der Waals surface area contributed by atoms with Crippen LogP contribution in [0.1, 0.15) is 16.2 Å². The lowest BCUT2D eigenvalue weighted by Gasteiger charge is -2.03. The number of nitrogen functional groups attached to an aromatic ring is 1. The molecule has 7 heteroatoms. The van der Waals surface area contributed by atoms with Crippen molar-refractivity contribution < 1.29 is 4.79 Å². The Labute approximate surface area is 130 Å². The Hall–Kier alpha value is -3.35. The van der Waals surface area contributed by atoms with Crippen LogP contribution in [0.2, 0.25) is 0 Å². The van der Waals surface area contributed by atoms with E-state index in [1.807, 2.05) is 30.3 Å². The molecule has 2 aromatic heterocycles. The van der Waals surface area contributed by atoms with Crippen LogP contribution < -0.4 is 11.1 Å². The highest BCUT2D eigenvalue weighted by Crippen LogP contribution is 2.17. The Bertz CT molecular complexity index is 983. The zero-order valence-electron chi connectivity index (χ0n) is 12.1. The largest absolute Gasteiger partial charge is 0.369 e. The Morgan fingerprint density at radius 3 is 2.74 bits per heavy atom. The highest BCUT2D eigenvalue weighted by Gasteiger charge is 2.13. The van der Waals surface area contributed by atoms with Crippen molar-refractivity contribution in [1.82, 2.24) is 25.3 Å². The number of amides is 1. The van der Waals surface area contributed by atoms with Crippen molar-refractivity contribution in [3.8, 4) is 0 Å². The number of anilines is 1. The second kappa shape index (κ2) is 5.13. The molecule has 0 saturated carbocycles. The van der Waals surface area contributed by atoms with Crippen LogP contribution in [0.3, 0.4) is 0 Å². The molecule has 0 aliphatic heterocycles. The van der Waals surface area contributed by atoms with E-state index in [1.54, 1.807) is 12.1 Å². The summed E-state index contributed by atoms with van der Waals surface area (Å²) in [5, 5.41) is 2.85. The number of fused-ring (bicyclic) bond motifs is 2. The number of imidazole rings is 2. The van der Waals surface area contributed by atoms with E-state index in [0.717, 1.165) is 16.6 Å². The molecule has 2 aromatic carbocycles. The van der Waals surface area contributed by atoms with Gasteiger partial charge in [0.25, 0.3) is 5.91 Å². The first-order valence-corrected chi connectivity index (χ1v) is 7.17. The van der Waals surface area contributed by atoms with Crippen LogP contribution >= 0.6 is 0 Å².